The number of pyridine rings is 1. The molecule has 0 fully saturated rings. The van der Waals surface area contributed by atoms with Gasteiger partial charge in [0.05, 0.1) is 11.8 Å². The lowest BCUT2D eigenvalue weighted by atomic mass is 10.1. The summed E-state index contributed by atoms with van der Waals surface area (Å²) in [5, 5.41) is 2.65. The average Bonchev–Trinajstić information content (AvgIpc) is 2.42. The van der Waals surface area contributed by atoms with E-state index in [1.807, 2.05) is 19.1 Å². The lowest BCUT2D eigenvalue weighted by Gasteiger charge is -2.07. The maximum absolute atomic E-state index is 13.0. The molecule has 2 aromatic rings. The third-order valence-electron chi connectivity index (χ3n) is 2.75. The molecular weight excluding hydrogens is 245 g/mol. The van der Waals surface area contributed by atoms with Crippen LogP contribution in [0.5, 0.6) is 0 Å². The third-order valence-corrected chi connectivity index (χ3v) is 2.75. The largest absolute Gasteiger partial charge is 0.383 e. The number of nitrogens with one attached hydrogen (secondary N) is 1. The Bertz CT molecular complexity index is 596. The van der Waals surface area contributed by atoms with Crippen LogP contribution < -0.4 is 11.1 Å². The number of carbonyl (C=O) groups is 1. The highest BCUT2D eigenvalue weighted by Crippen LogP contribution is 2.15. The van der Waals surface area contributed by atoms with E-state index in [1.165, 1.54) is 5.56 Å². The fourth-order valence-electron chi connectivity index (χ4n) is 1.65. The Kier molecular flexibility index (Phi) is 3.75. The third kappa shape index (κ3) is 3.07. The van der Waals surface area contributed by atoms with Crippen molar-refractivity contribution in [2.24, 2.45) is 0 Å². The summed E-state index contributed by atoms with van der Waals surface area (Å²) in [7, 11) is 0. The summed E-state index contributed by atoms with van der Waals surface area (Å²) >= 11 is 0. The first-order valence-electron chi connectivity index (χ1n) is 5.91. The monoisotopic (exact) mass is 259 g/mol. The molecule has 1 amide bonds. The number of carbonyl (C=O) groups excluding carboxylic acids is 1. The summed E-state index contributed by atoms with van der Waals surface area (Å²) in [5.74, 6) is -1.07. The van der Waals surface area contributed by atoms with Crippen molar-refractivity contribution in [3.63, 3.8) is 0 Å². The van der Waals surface area contributed by atoms with Crippen molar-refractivity contribution >= 4 is 17.4 Å². The zero-order chi connectivity index (χ0) is 13.8. The molecule has 5 heteroatoms. The van der Waals surface area contributed by atoms with Crippen molar-refractivity contribution in [1.29, 1.82) is 0 Å². The van der Waals surface area contributed by atoms with Gasteiger partial charge in [-0.25, -0.2) is 9.37 Å². The Morgan fingerprint density at radius 2 is 2.05 bits per heavy atom. The fraction of sp³-hybridized carbons (Fsp3) is 0.143. The number of halogens is 1. The number of nitrogens with zero attached hydrogens (tertiary/aromatic N) is 1. The van der Waals surface area contributed by atoms with Gasteiger partial charge in [-0.3, -0.25) is 4.79 Å². The van der Waals surface area contributed by atoms with Crippen molar-refractivity contribution in [3.05, 3.63) is 53.5 Å². The van der Waals surface area contributed by atoms with Crippen molar-refractivity contribution < 1.29 is 9.18 Å². The smallest absolute Gasteiger partial charge is 0.259 e. The van der Waals surface area contributed by atoms with Crippen molar-refractivity contribution in [3.8, 4) is 0 Å². The van der Waals surface area contributed by atoms with Crippen molar-refractivity contribution in [2.45, 2.75) is 13.3 Å². The van der Waals surface area contributed by atoms with Gasteiger partial charge < -0.3 is 11.1 Å². The zero-order valence-electron chi connectivity index (χ0n) is 10.5. The van der Waals surface area contributed by atoms with Gasteiger partial charge in [-0.15, -0.1) is 0 Å². The van der Waals surface area contributed by atoms with Gasteiger partial charge in [0.2, 0.25) is 0 Å². The lowest BCUT2D eigenvalue weighted by Crippen LogP contribution is -2.15. The number of hydrogen-bond donors (Lipinski definition) is 2. The number of hydrogen-bond acceptors (Lipinski definition) is 3. The van der Waals surface area contributed by atoms with Crippen LogP contribution in [0.3, 0.4) is 0 Å². The molecule has 0 aliphatic carbocycles. The van der Waals surface area contributed by atoms with Gasteiger partial charge in [0.1, 0.15) is 11.6 Å². The molecule has 0 bridgehead atoms. The molecule has 0 unspecified atom stereocenters. The van der Waals surface area contributed by atoms with E-state index in [2.05, 4.69) is 10.3 Å². The maximum atomic E-state index is 13.0. The van der Waals surface area contributed by atoms with Crippen LogP contribution in [0.25, 0.3) is 0 Å². The first kappa shape index (κ1) is 13.0. The van der Waals surface area contributed by atoms with E-state index >= 15 is 0 Å². The molecular formula is C14H14FN3O. The number of nitrogens with two attached hydrogens (primary N) is 1. The van der Waals surface area contributed by atoms with Gasteiger partial charge in [0, 0.05) is 5.69 Å². The summed E-state index contributed by atoms with van der Waals surface area (Å²) in [6.07, 6.45) is 1.90. The minimum absolute atomic E-state index is 0.00378. The Morgan fingerprint density at radius 1 is 1.37 bits per heavy atom. The number of benzene rings is 1. The molecule has 3 N–H and O–H groups in total. The number of nitrogen functional groups attached to an aromatic ring is 1. The lowest BCUT2D eigenvalue weighted by molar-refractivity contribution is 0.102. The van der Waals surface area contributed by atoms with E-state index in [1.54, 1.807) is 12.1 Å². The molecule has 0 saturated carbocycles. The summed E-state index contributed by atoms with van der Waals surface area (Å²) in [6.45, 7) is 2.05. The van der Waals surface area contributed by atoms with Gasteiger partial charge >= 0.3 is 0 Å². The Hall–Kier alpha value is -2.43. The van der Waals surface area contributed by atoms with E-state index in [-0.39, 0.29) is 11.4 Å². The Morgan fingerprint density at radius 3 is 2.68 bits per heavy atom. The highest BCUT2D eigenvalue weighted by molar-refractivity contribution is 6.07. The van der Waals surface area contributed by atoms with Gasteiger partial charge in [-0.1, -0.05) is 19.1 Å². The normalized spacial score (nSPS) is 10.2. The number of aromatic nitrogens is 1. The molecule has 1 aromatic heterocycles. The van der Waals surface area contributed by atoms with Gasteiger partial charge in [-0.2, -0.15) is 0 Å². The number of amides is 1. The molecule has 0 radical (unpaired) electrons. The summed E-state index contributed by atoms with van der Waals surface area (Å²) in [4.78, 5) is 15.6. The van der Waals surface area contributed by atoms with Gasteiger partial charge in [0.15, 0.2) is 0 Å². The molecule has 0 spiro atoms. The molecule has 4 nitrogen and oxygen atoms in total. The second-order valence-electron chi connectivity index (χ2n) is 4.09. The van der Waals surface area contributed by atoms with Crippen LogP contribution in [-0.4, -0.2) is 10.9 Å². The number of aryl methyl sites for hydroxylation is 1. The molecule has 0 saturated heterocycles. The van der Waals surface area contributed by atoms with E-state index < -0.39 is 11.7 Å². The predicted octanol–water partition coefficient (Wildman–Crippen LogP) is 2.62. The first-order valence-corrected chi connectivity index (χ1v) is 5.91. The van der Waals surface area contributed by atoms with Crippen LogP contribution in [0.1, 0.15) is 22.8 Å². The summed E-state index contributed by atoms with van der Waals surface area (Å²) < 4.78 is 13.0. The van der Waals surface area contributed by atoms with Crippen molar-refractivity contribution in [2.75, 3.05) is 11.1 Å². The SMILES string of the molecule is CCc1ccc(NC(=O)c2cc(F)cnc2N)cc1. The van der Waals surface area contributed by atoms with E-state index in [0.29, 0.717) is 5.69 Å². The molecule has 19 heavy (non-hydrogen) atoms. The van der Waals surface area contributed by atoms with Crippen LogP contribution in [0, 0.1) is 5.82 Å². The Labute approximate surface area is 110 Å². The molecule has 1 aromatic carbocycles. The molecule has 1 heterocycles. The highest BCUT2D eigenvalue weighted by Gasteiger charge is 2.12. The van der Waals surface area contributed by atoms with Crippen LogP contribution in [0.15, 0.2) is 36.5 Å². The quantitative estimate of drug-likeness (QED) is 0.890. The molecule has 2 rings (SSSR count). The van der Waals surface area contributed by atoms with Gasteiger partial charge in [-0.05, 0) is 30.2 Å². The van der Waals surface area contributed by atoms with E-state index in [0.717, 1.165) is 18.7 Å². The summed E-state index contributed by atoms with van der Waals surface area (Å²) in [6, 6.07) is 8.49. The second kappa shape index (κ2) is 5.48. The fourth-order valence-corrected chi connectivity index (χ4v) is 1.65. The average molecular weight is 259 g/mol. The molecule has 0 atom stereocenters. The predicted molar refractivity (Wildman–Crippen MR) is 72.4 cm³/mol. The second-order valence-corrected chi connectivity index (χ2v) is 4.09. The van der Waals surface area contributed by atoms with Crippen LogP contribution in [0.4, 0.5) is 15.9 Å². The molecule has 0 aliphatic heterocycles. The maximum Gasteiger partial charge on any atom is 0.259 e. The minimum Gasteiger partial charge on any atom is -0.383 e. The van der Waals surface area contributed by atoms with E-state index in [4.69, 9.17) is 5.73 Å². The topological polar surface area (TPSA) is 68.0 Å². The first-order chi connectivity index (χ1) is 9.10. The minimum atomic E-state index is -0.597. The number of rotatable bonds is 3. The summed E-state index contributed by atoms with van der Waals surface area (Å²) in [5.41, 5.74) is 7.38. The Balaban J connectivity index is 2.18. The van der Waals surface area contributed by atoms with Gasteiger partial charge in [0.25, 0.3) is 5.91 Å². The van der Waals surface area contributed by atoms with Crippen LogP contribution in [-0.2, 0) is 6.42 Å². The standard InChI is InChI=1S/C14H14FN3O/c1-2-9-3-5-11(6-4-9)18-14(19)12-7-10(15)8-17-13(12)16/h3-8H,2H2,1H3,(H2,16,17)(H,18,19). The van der Waals surface area contributed by atoms with Crippen LogP contribution >= 0.6 is 0 Å². The highest BCUT2D eigenvalue weighted by atomic mass is 19.1. The van der Waals surface area contributed by atoms with Crippen LogP contribution in [0.2, 0.25) is 0 Å². The molecule has 98 valence electrons. The zero-order valence-corrected chi connectivity index (χ0v) is 10.5. The number of anilines is 2. The van der Waals surface area contributed by atoms with Crippen molar-refractivity contribution in [1.82, 2.24) is 4.98 Å². The van der Waals surface area contributed by atoms with E-state index in [9.17, 15) is 9.18 Å². The molecule has 0 aliphatic rings.